The van der Waals surface area contributed by atoms with E-state index < -0.39 is 0 Å². The van der Waals surface area contributed by atoms with Gasteiger partial charge < -0.3 is 19.4 Å². The Morgan fingerprint density at radius 2 is 2.09 bits per heavy atom. The van der Waals surface area contributed by atoms with Crippen LogP contribution < -0.4 is 10.2 Å². The van der Waals surface area contributed by atoms with E-state index in [0.29, 0.717) is 18.3 Å². The quantitative estimate of drug-likeness (QED) is 0.495. The maximum atomic E-state index is 11.6. The number of pyridine rings is 1. The Morgan fingerprint density at radius 3 is 2.88 bits per heavy atom. The molecule has 1 N–H and O–H groups in total. The zero-order chi connectivity index (χ0) is 22.4. The van der Waals surface area contributed by atoms with Crippen LogP contribution in [0.25, 0.3) is 27.7 Å². The van der Waals surface area contributed by atoms with Crippen LogP contribution in [0.3, 0.4) is 0 Å². The van der Waals surface area contributed by atoms with E-state index in [1.54, 1.807) is 6.26 Å². The summed E-state index contributed by atoms with van der Waals surface area (Å²) in [7, 11) is 0. The molecule has 4 aromatic heterocycles. The summed E-state index contributed by atoms with van der Waals surface area (Å²) < 4.78 is 13.2. The number of nitrogens with zero attached hydrogens (tertiary/aromatic N) is 5. The summed E-state index contributed by atoms with van der Waals surface area (Å²) in [5.41, 5.74) is 4.85. The number of nitrogens with one attached hydrogen (secondary N) is 1. The first-order valence-corrected chi connectivity index (χ1v) is 11.7. The fourth-order valence-corrected chi connectivity index (χ4v) is 5.49. The molecule has 1 aliphatic carbocycles. The second kappa shape index (κ2) is 8.13. The minimum Gasteiger partial charge on any atom is -0.463 e. The van der Waals surface area contributed by atoms with Crippen LogP contribution in [-0.4, -0.2) is 52.0 Å². The third-order valence-corrected chi connectivity index (χ3v) is 6.87. The van der Waals surface area contributed by atoms with Crippen molar-refractivity contribution in [1.29, 1.82) is 0 Å². The van der Waals surface area contributed by atoms with Crippen molar-refractivity contribution in [3.8, 4) is 27.7 Å². The summed E-state index contributed by atoms with van der Waals surface area (Å²) in [6.45, 7) is 4.51. The zero-order valence-electron chi connectivity index (χ0n) is 18.1. The van der Waals surface area contributed by atoms with Crippen LogP contribution in [-0.2, 0) is 22.4 Å². The average molecular weight is 463 g/mol. The zero-order valence-corrected chi connectivity index (χ0v) is 18.9. The lowest BCUT2D eigenvalue weighted by Crippen LogP contribution is -2.36. The third-order valence-electron chi connectivity index (χ3n) is 5.85. The Kier molecular flexibility index (Phi) is 4.96. The lowest BCUT2D eigenvalue weighted by Gasteiger charge is -2.28. The first-order valence-electron chi connectivity index (χ1n) is 10.9. The van der Waals surface area contributed by atoms with E-state index in [4.69, 9.17) is 14.3 Å². The molecule has 0 unspecified atom stereocenters. The monoisotopic (exact) mass is 462 g/mol. The van der Waals surface area contributed by atoms with Gasteiger partial charge in [-0.25, -0.2) is 14.6 Å². The number of rotatable bonds is 4. The Bertz CT molecular complexity index is 1320. The number of hydrogen-bond donors (Lipinski definition) is 1. The standard InChI is InChI=1S/C23H22N6O3S/c1-14(30)25-23-26-17-5-4-16-20(18-3-2-10-32-18)27-29(21(16)22(17)33-23)15-6-7-24-19(13-15)28-8-11-31-12-9-28/h2-3,6-7,10,13H,4-5,8-9,11-12H2,1H3,(H,25,26,30). The number of morpholine rings is 1. The predicted molar refractivity (Wildman–Crippen MR) is 125 cm³/mol. The number of amides is 1. The van der Waals surface area contributed by atoms with Crippen molar-refractivity contribution in [3.63, 3.8) is 0 Å². The topological polar surface area (TPSA) is 98.3 Å². The molecule has 33 heavy (non-hydrogen) atoms. The van der Waals surface area contributed by atoms with Gasteiger partial charge in [0.25, 0.3) is 0 Å². The molecule has 6 rings (SSSR count). The molecular formula is C23H22N6O3S. The molecule has 168 valence electrons. The van der Waals surface area contributed by atoms with Gasteiger partial charge in [-0.3, -0.25) is 4.79 Å². The number of ether oxygens (including phenoxy) is 1. The van der Waals surface area contributed by atoms with Gasteiger partial charge in [0.1, 0.15) is 11.5 Å². The Balaban J connectivity index is 1.51. The average Bonchev–Trinajstić information content (AvgIpc) is 3.57. The largest absolute Gasteiger partial charge is 0.463 e. The molecule has 1 aliphatic heterocycles. The summed E-state index contributed by atoms with van der Waals surface area (Å²) in [4.78, 5) is 24.1. The molecule has 10 heteroatoms. The van der Waals surface area contributed by atoms with Crippen molar-refractivity contribution in [1.82, 2.24) is 19.7 Å². The highest BCUT2D eigenvalue weighted by molar-refractivity contribution is 7.19. The summed E-state index contributed by atoms with van der Waals surface area (Å²) in [5, 5.41) is 8.44. The van der Waals surface area contributed by atoms with E-state index >= 15 is 0 Å². The van der Waals surface area contributed by atoms with Crippen LogP contribution in [0.2, 0.25) is 0 Å². The molecule has 1 saturated heterocycles. The molecule has 0 spiro atoms. The van der Waals surface area contributed by atoms with Crippen molar-refractivity contribution in [2.24, 2.45) is 0 Å². The second-order valence-corrected chi connectivity index (χ2v) is 9.01. The number of aryl methyl sites for hydroxylation is 1. The van der Waals surface area contributed by atoms with Crippen LogP contribution in [0.4, 0.5) is 10.9 Å². The van der Waals surface area contributed by atoms with E-state index in [-0.39, 0.29) is 5.91 Å². The number of carbonyl (C=O) groups is 1. The van der Waals surface area contributed by atoms with Crippen LogP contribution in [0, 0.1) is 0 Å². The number of anilines is 2. The molecule has 2 aliphatic rings. The number of hydrogen-bond acceptors (Lipinski definition) is 8. The van der Waals surface area contributed by atoms with Crippen molar-refractivity contribution in [2.45, 2.75) is 19.8 Å². The predicted octanol–water partition coefficient (Wildman–Crippen LogP) is 3.54. The lowest BCUT2D eigenvalue weighted by atomic mass is 9.97. The lowest BCUT2D eigenvalue weighted by molar-refractivity contribution is -0.114. The number of fused-ring (bicyclic) bond motifs is 3. The molecule has 0 atom stereocenters. The molecule has 1 fully saturated rings. The van der Waals surface area contributed by atoms with Crippen LogP contribution >= 0.6 is 11.3 Å². The molecule has 5 heterocycles. The molecule has 0 bridgehead atoms. The minimum atomic E-state index is -0.129. The van der Waals surface area contributed by atoms with E-state index in [0.717, 1.165) is 70.7 Å². The maximum absolute atomic E-state index is 11.6. The van der Waals surface area contributed by atoms with Crippen molar-refractivity contribution < 1.29 is 13.9 Å². The highest BCUT2D eigenvalue weighted by atomic mass is 32.1. The summed E-state index contributed by atoms with van der Waals surface area (Å²) in [5.74, 6) is 1.51. The number of aromatic nitrogens is 4. The van der Waals surface area contributed by atoms with Crippen molar-refractivity contribution in [3.05, 3.63) is 48.0 Å². The van der Waals surface area contributed by atoms with Gasteiger partial charge in [-0.05, 0) is 31.0 Å². The SMILES string of the molecule is CC(=O)Nc1nc2c(s1)-c1c(c(-c3ccco3)nn1-c1ccnc(N3CCOCC3)c1)CC2. The van der Waals surface area contributed by atoms with E-state index in [1.807, 2.05) is 29.1 Å². The molecule has 0 saturated carbocycles. The van der Waals surface area contributed by atoms with Crippen LogP contribution in [0.1, 0.15) is 18.2 Å². The van der Waals surface area contributed by atoms with Gasteiger partial charge in [0.15, 0.2) is 10.9 Å². The smallest absolute Gasteiger partial charge is 0.223 e. The Hall–Kier alpha value is -3.50. The molecule has 0 aromatic carbocycles. The summed E-state index contributed by atoms with van der Waals surface area (Å²) in [6, 6.07) is 7.84. The normalized spacial score (nSPS) is 15.2. The van der Waals surface area contributed by atoms with Crippen molar-refractivity contribution in [2.75, 3.05) is 36.5 Å². The first-order chi connectivity index (χ1) is 16.2. The van der Waals surface area contributed by atoms with Gasteiger partial charge in [0.2, 0.25) is 5.91 Å². The Morgan fingerprint density at radius 1 is 1.21 bits per heavy atom. The molecule has 1 amide bonds. The summed E-state index contributed by atoms with van der Waals surface area (Å²) in [6.07, 6.45) is 5.07. The van der Waals surface area contributed by atoms with Gasteiger partial charge in [-0.15, -0.1) is 0 Å². The molecular weight excluding hydrogens is 440 g/mol. The number of furan rings is 1. The fraction of sp³-hybridized carbons (Fsp3) is 0.304. The second-order valence-electron chi connectivity index (χ2n) is 8.01. The van der Waals surface area contributed by atoms with Gasteiger partial charge in [0.05, 0.1) is 41.4 Å². The van der Waals surface area contributed by atoms with Crippen LogP contribution in [0.5, 0.6) is 0 Å². The van der Waals surface area contributed by atoms with Gasteiger partial charge in [-0.1, -0.05) is 11.3 Å². The molecule has 0 radical (unpaired) electrons. The highest BCUT2D eigenvalue weighted by Gasteiger charge is 2.31. The number of carbonyl (C=O) groups excluding carboxylic acids is 1. The van der Waals surface area contributed by atoms with E-state index in [1.165, 1.54) is 18.3 Å². The number of thiazole rings is 1. The van der Waals surface area contributed by atoms with Gasteiger partial charge in [-0.2, -0.15) is 5.10 Å². The van der Waals surface area contributed by atoms with Gasteiger partial charge in [0, 0.05) is 37.8 Å². The van der Waals surface area contributed by atoms with E-state index in [2.05, 4.69) is 26.3 Å². The van der Waals surface area contributed by atoms with E-state index in [9.17, 15) is 4.79 Å². The first kappa shape index (κ1) is 20.1. The highest BCUT2D eigenvalue weighted by Crippen LogP contribution is 2.44. The minimum absolute atomic E-state index is 0.129. The summed E-state index contributed by atoms with van der Waals surface area (Å²) >= 11 is 1.48. The third kappa shape index (κ3) is 3.61. The molecule has 9 nitrogen and oxygen atoms in total. The van der Waals surface area contributed by atoms with Crippen molar-refractivity contribution >= 4 is 28.2 Å². The van der Waals surface area contributed by atoms with Gasteiger partial charge >= 0.3 is 0 Å². The maximum Gasteiger partial charge on any atom is 0.223 e. The molecule has 4 aromatic rings. The fourth-order valence-electron chi connectivity index (χ4n) is 4.38. The Labute approximate surface area is 194 Å². The van der Waals surface area contributed by atoms with Crippen LogP contribution in [0.15, 0.2) is 41.1 Å².